The third-order valence-electron chi connectivity index (χ3n) is 3.48. The van der Waals surface area contributed by atoms with Gasteiger partial charge in [0.2, 0.25) is 5.91 Å². The molecule has 0 aliphatic carbocycles. The number of amides is 1. The first-order chi connectivity index (χ1) is 13.4. The molecule has 2 rings (SSSR count). The minimum Gasteiger partial charge on any atom is -0.484 e. The molecule has 0 saturated carbocycles. The molecular weight excluding hydrogens is 373 g/mol. The third-order valence-corrected chi connectivity index (χ3v) is 3.48. The zero-order valence-electron chi connectivity index (χ0n) is 15.2. The highest BCUT2D eigenvalue weighted by molar-refractivity contribution is 5.94. The number of hydrogen-bond acceptors (Lipinski definition) is 3. The molecular formula is C19H21F3N4O2. The highest BCUT2D eigenvalue weighted by Gasteiger charge is 2.28. The zero-order chi connectivity index (χ0) is 20.4. The Bertz CT molecular complexity index is 778. The van der Waals surface area contributed by atoms with Gasteiger partial charge >= 0.3 is 6.18 Å². The van der Waals surface area contributed by atoms with E-state index in [0.29, 0.717) is 18.2 Å². The van der Waals surface area contributed by atoms with Crippen LogP contribution in [0, 0.1) is 0 Å². The number of guanidine groups is 1. The predicted octanol–water partition coefficient (Wildman–Crippen LogP) is 2.93. The van der Waals surface area contributed by atoms with Crippen LogP contribution in [0.1, 0.15) is 5.56 Å². The lowest BCUT2D eigenvalue weighted by atomic mass is 10.2. The Kier molecular flexibility index (Phi) is 7.67. The van der Waals surface area contributed by atoms with E-state index in [1.165, 1.54) is 12.1 Å². The second-order valence-corrected chi connectivity index (χ2v) is 5.74. The van der Waals surface area contributed by atoms with Crippen molar-refractivity contribution in [3.63, 3.8) is 0 Å². The highest BCUT2D eigenvalue weighted by Crippen LogP contribution is 2.18. The lowest BCUT2D eigenvalue weighted by Gasteiger charge is -2.13. The first kappa shape index (κ1) is 21.1. The van der Waals surface area contributed by atoms with E-state index in [2.05, 4.69) is 25.7 Å². The van der Waals surface area contributed by atoms with Gasteiger partial charge < -0.3 is 20.7 Å². The van der Waals surface area contributed by atoms with Crippen LogP contribution < -0.4 is 20.7 Å². The molecule has 6 nitrogen and oxygen atoms in total. The van der Waals surface area contributed by atoms with E-state index in [0.717, 1.165) is 5.56 Å². The van der Waals surface area contributed by atoms with Crippen LogP contribution in [0.2, 0.25) is 0 Å². The molecule has 150 valence electrons. The topological polar surface area (TPSA) is 74.8 Å². The molecule has 0 radical (unpaired) electrons. The Morgan fingerprint density at radius 2 is 1.71 bits per heavy atom. The van der Waals surface area contributed by atoms with Gasteiger partial charge in [0.1, 0.15) is 5.75 Å². The van der Waals surface area contributed by atoms with Crippen LogP contribution in [0.5, 0.6) is 5.75 Å². The van der Waals surface area contributed by atoms with Crippen LogP contribution in [0.25, 0.3) is 0 Å². The van der Waals surface area contributed by atoms with Gasteiger partial charge in [0.15, 0.2) is 12.6 Å². The number of anilines is 1. The van der Waals surface area contributed by atoms with Gasteiger partial charge in [-0.2, -0.15) is 13.2 Å². The maximum absolute atomic E-state index is 12.1. The largest absolute Gasteiger partial charge is 0.484 e. The monoisotopic (exact) mass is 394 g/mol. The van der Waals surface area contributed by atoms with Gasteiger partial charge in [-0.05, 0) is 29.8 Å². The van der Waals surface area contributed by atoms with Crippen molar-refractivity contribution < 1.29 is 22.7 Å². The summed E-state index contributed by atoms with van der Waals surface area (Å²) in [5.41, 5.74) is 1.51. The van der Waals surface area contributed by atoms with Gasteiger partial charge in [-0.25, -0.2) is 0 Å². The normalized spacial score (nSPS) is 11.6. The van der Waals surface area contributed by atoms with Crippen molar-refractivity contribution >= 4 is 17.6 Å². The first-order valence-corrected chi connectivity index (χ1v) is 8.43. The number of rotatable bonds is 7. The molecule has 3 N–H and O–H groups in total. The van der Waals surface area contributed by atoms with Gasteiger partial charge in [0, 0.05) is 19.3 Å². The Labute approximate surface area is 160 Å². The number of halogens is 3. The summed E-state index contributed by atoms with van der Waals surface area (Å²) in [6.45, 7) is -0.926. The maximum Gasteiger partial charge on any atom is 0.422 e. The van der Waals surface area contributed by atoms with Crippen LogP contribution in [-0.4, -0.2) is 38.2 Å². The van der Waals surface area contributed by atoms with Crippen LogP contribution in [0.15, 0.2) is 59.6 Å². The van der Waals surface area contributed by atoms with Crippen LogP contribution in [-0.2, 0) is 11.3 Å². The first-order valence-electron chi connectivity index (χ1n) is 8.43. The molecule has 0 heterocycles. The fourth-order valence-electron chi connectivity index (χ4n) is 2.17. The van der Waals surface area contributed by atoms with Gasteiger partial charge in [0.05, 0.1) is 6.54 Å². The van der Waals surface area contributed by atoms with Crippen LogP contribution in [0.4, 0.5) is 18.9 Å². The number of carbonyl (C=O) groups excluding carboxylic acids is 1. The number of carbonyl (C=O) groups is 1. The minimum atomic E-state index is -4.37. The summed E-state index contributed by atoms with van der Waals surface area (Å²) >= 11 is 0. The van der Waals surface area contributed by atoms with E-state index in [9.17, 15) is 18.0 Å². The van der Waals surface area contributed by atoms with E-state index in [-0.39, 0.29) is 18.2 Å². The average molecular weight is 394 g/mol. The lowest BCUT2D eigenvalue weighted by Crippen LogP contribution is -2.41. The number of alkyl halides is 3. The zero-order valence-corrected chi connectivity index (χ0v) is 15.2. The van der Waals surface area contributed by atoms with Crippen molar-refractivity contribution in [2.75, 3.05) is 25.5 Å². The number of benzene rings is 2. The molecule has 0 fully saturated rings. The molecule has 0 aliphatic rings. The molecule has 0 aromatic heterocycles. The Balaban J connectivity index is 1.75. The van der Waals surface area contributed by atoms with Crippen molar-refractivity contribution in [3.8, 4) is 5.75 Å². The van der Waals surface area contributed by atoms with E-state index in [1.807, 2.05) is 18.2 Å². The molecule has 0 aliphatic heterocycles. The molecule has 0 atom stereocenters. The number of aliphatic imine (C=N–C) groups is 1. The van der Waals surface area contributed by atoms with E-state index in [4.69, 9.17) is 0 Å². The van der Waals surface area contributed by atoms with Crippen LogP contribution >= 0.6 is 0 Å². The summed E-state index contributed by atoms with van der Waals surface area (Å²) in [6.07, 6.45) is -4.37. The summed E-state index contributed by atoms with van der Waals surface area (Å²) in [5.74, 6) is 0.335. The molecule has 2 aromatic carbocycles. The number of para-hydroxylation sites is 1. The van der Waals surface area contributed by atoms with Crippen molar-refractivity contribution in [2.24, 2.45) is 4.99 Å². The standard InChI is InChI=1S/C19H21F3N4O2/c1-23-18(25-12-17(27)26-15-5-3-2-4-6-15)24-11-14-7-9-16(10-8-14)28-13-19(20,21)22/h2-10H,11-13H2,1H3,(H,26,27)(H2,23,24,25). The van der Waals surface area contributed by atoms with E-state index >= 15 is 0 Å². The molecule has 0 spiro atoms. The van der Waals surface area contributed by atoms with Gasteiger partial charge in [-0.3, -0.25) is 9.79 Å². The number of ether oxygens (including phenoxy) is 1. The fourth-order valence-corrected chi connectivity index (χ4v) is 2.17. The quantitative estimate of drug-likeness (QED) is 0.499. The second-order valence-electron chi connectivity index (χ2n) is 5.74. The molecule has 2 aromatic rings. The van der Waals surface area contributed by atoms with E-state index < -0.39 is 12.8 Å². The summed E-state index contributed by atoms with van der Waals surface area (Å²) < 4.78 is 41.1. The summed E-state index contributed by atoms with van der Waals surface area (Å²) in [7, 11) is 1.57. The minimum absolute atomic E-state index is 0.0266. The summed E-state index contributed by atoms with van der Waals surface area (Å²) in [6, 6.07) is 15.3. The van der Waals surface area contributed by atoms with Gasteiger partial charge in [-0.1, -0.05) is 30.3 Å². The Hall–Kier alpha value is -3.23. The summed E-state index contributed by atoms with van der Waals surface area (Å²) in [5, 5.41) is 8.65. The second kappa shape index (κ2) is 10.2. The van der Waals surface area contributed by atoms with Gasteiger partial charge in [-0.15, -0.1) is 0 Å². The molecule has 1 amide bonds. The van der Waals surface area contributed by atoms with Crippen molar-refractivity contribution in [2.45, 2.75) is 12.7 Å². The predicted molar refractivity (Wildman–Crippen MR) is 101 cm³/mol. The van der Waals surface area contributed by atoms with Crippen molar-refractivity contribution in [1.29, 1.82) is 0 Å². The average Bonchev–Trinajstić information content (AvgIpc) is 2.67. The maximum atomic E-state index is 12.1. The molecule has 0 bridgehead atoms. The molecule has 9 heteroatoms. The molecule has 28 heavy (non-hydrogen) atoms. The molecule has 0 saturated heterocycles. The van der Waals surface area contributed by atoms with E-state index in [1.54, 1.807) is 31.3 Å². The fraction of sp³-hybridized carbons (Fsp3) is 0.263. The third kappa shape index (κ3) is 7.98. The van der Waals surface area contributed by atoms with Crippen molar-refractivity contribution in [1.82, 2.24) is 10.6 Å². The SMILES string of the molecule is CN=C(NCC(=O)Nc1ccccc1)NCc1ccc(OCC(F)(F)F)cc1. The highest BCUT2D eigenvalue weighted by atomic mass is 19.4. The number of nitrogens with one attached hydrogen (secondary N) is 3. The smallest absolute Gasteiger partial charge is 0.422 e. The van der Waals surface area contributed by atoms with Crippen LogP contribution in [0.3, 0.4) is 0 Å². The number of hydrogen-bond donors (Lipinski definition) is 3. The van der Waals surface area contributed by atoms with Crippen molar-refractivity contribution in [3.05, 3.63) is 60.2 Å². The lowest BCUT2D eigenvalue weighted by molar-refractivity contribution is -0.153. The number of nitrogens with zero attached hydrogens (tertiary/aromatic N) is 1. The Morgan fingerprint density at radius 3 is 2.32 bits per heavy atom. The molecule has 0 unspecified atom stereocenters. The summed E-state index contributed by atoms with van der Waals surface area (Å²) in [4.78, 5) is 15.9. The van der Waals surface area contributed by atoms with Gasteiger partial charge in [0.25, 0.3) is 0 Å². The Morgan fingerprint density at radius 1 is 1.04 bits per heavy atom.